The van der Waals surface area contributed by atoms with Crippen molar-refractivity contribution in [2.75, 3.05) is 6.54 Å². The molecule has 1 rings (SSSR count). The van der Waals surface area contributed by atoms with E-state index in [4.69, 9.17) is 10.2 Å². The summed E-state index contributed by atoms with van der Waals surface area (Å²) in [6, 6.07) is 3.78. The topological polar surface area (TPSA) is 68.3 Å². The van der Waals surface area contributed by atoms with Crippen LogP contribution in [0.5, 0.6) is 0 Å². The maximum absolute atomic E-state index is 12.0. The van der Waals surface area contributed by atoms with Crippen LogP contribution in [-0.4, -0.2) is 18.0 Å². The fraction of sp³-hybridized carbons (Fsp3) is 0.615. The van der Waals surface area contributed by atoms with Crippen molar-refractivity contribution in [1.29, 1.82) is 0 Å². The van der Waals surface area contributed by atoms with Gasteiger partial charge < -0.3 is 15.5 Å². The molecular formula is C13H22N2O2. The van der Waals surface area contributed by atoms with Crippen LogP contribution in [0.2, 0.25) is 0 Å². The molecule has 0 spiro atoms. The van der Waals surface area contributed by atoms with Crippen molar-refractivity contribution in [3.8, 4) is 0 Å². The average molecular weight is 238 g/mol. The van der Waals surface area contributed by atoms with Crippen molar-refractivity contribution < 1.29 is 9.21 Å². The molecule has 1 unspecified atom stereocenters. The lowest BCUT2D eigenvalue weighted by molar-refractivity contribution is -0.126. The summed E-state index contributed by atoms with van der Waals surface area (Å²) in [5.41, 5.74) is 5.41. The summed E-state index contributed by atoms with van der Waals surface area (Å²) in [6.07, 6.45) is 0.548. The van der Waals surface area contributed by atoms with Crippen LogP contribution in [-0.2, 0) is 11.2 Å². The zero-order valence-electron chi connectivity index (χ0n) is 11.0. The van der Waals surface area contributed by atoms with Crippen LogP contribution in [0.1, 0.15) is 32.3 Å². The molecule has 4 heteroatoms. The second kappa shape index (κ2) is 5.36. The highest BCUT2D eigenvalue weighted by Gasteiger charge is 2.22. The highest BCUT2D eigenvalue weighted by Crippen LogP contribution is 2.13. The monoisotopic (exact) mass is 238 g/mol. The minimum atomic E-state index is -0.236. The lowest BCUT2D eigenvalue weighted by atomic mass is 10.0. The lowest BCUT2D eigenvalue weighted by Gasteiger charge is -2.23. The first-order chi connectivity index (χ1) is 7.81. The number of amides is 1. The van der Waals surface area contributed by atoms with Crippen LogP contribution >= 0.6 is 0 Å². The predicted molar refractivity (Wildman–Crippen MR) is 67.6 cm³/mol. The van der Waals surface area contributed by atoms with Gasteiger partial charge in [0.25, 0.3) is 0 Å². The fourth-order valence-electron chi connectivity index (χ4n) is 1.59. The quantitative estimate of drug-likeness (QED) is 0.837. The molecular weight excluding hydrogens is 216 g/mol. The highest BCUT2D eigenvalue weighted by atomic mass is 16.3. The molecule has 0 aliphatic carbocycles. The Kier molecular flexibility index (Phi) is 4.34. The van der Waals surface area contributed by atoms with Crippen LogP contribution in [0.3, 0.4) is 0 Å². The van der Waals surface area contributed by atoms with Crippen LogP contribution in [0, 0.1) is 12.8 Å². The van der Waals surface area contributed by atoms with Crippen LogP contribution in [0.4, 0.5) is 0 Å². The van der Waals surface area contributed by atoms with E-state index in [2.05, 4.69) is 5.32 Å². The summed E-state index contributed by atoms with van der Waals surface area (Å²) in [6.45, 7) is 8.07. The molecule has 1 aromatic rings. The van der Waals surface area contributed by atoms with Gasteiger partial charge in [0, 0.05) is 18.5 Å². The fourth-order valence-corrected chi connectivity index (χ4v) is 1.59. The number of hydrogen-bond acceptors (Lipinski definition) is 3. The van der Waals surface area contributed by atoms with Gasteiger partial charge in [0.1, 0.15) is 11.5 Å². The zero-order chi connectivity index (χ0) is 13.1. The number of aryl methyl sites for hydroxylation is 1. The van der Waals surface area contributed by atoms with E-state index in [1.807, 2.05) is 39.8 Å². The summed E-state index contributed by atoms with van der Waals surface area (Å²) in [7, 11) is 0. The molecule has 0 saturated heterocycles. The molecule has 0 saturated carbocycles. The molecule has 96 valence electrons. The first-order valence-electron chi connectivity index (χ1n) is 5.89. The Labute approximate surface area is 103 Å². The van der Waals surface area contributed by atoms with Crippen molar-refractivity contribution in [3.05, 3.63) is 23.7 Å². The van der Waals surface area contributed by atoms with Gasteiger partial charge in [-0.3, -0.25) is 4.79 Å². The SMILES string of the molecule is Cc1ccc(CC(CN)C(=O)NC(C)(C)C)o1. The number of carbonyl (C=O) groups excluding carboxylic acids is 1. The van der Waals surface area contributed by atoms with Crippen molar-refractivity contribution >= 4 is 5.91 Å². The molecule has 17 heavy (non-hydrogen) atoms. The van der Waals surface area contributed by atoms with E-state index in [1.54, 1.807) is 0 Å². The smallest absolute Gasteiger partial charge is 0.225 e. The minimum absolute atomic E-state index is 0.0194. The number of rotatable bonds is 4. The second-order valence-corrected chi connectivity index (χ2v) is 5.39. The normalized spacial score (nSPS) is 13.5. The Morgan fingerprint density at radius 1 is 1.47 bits per heavy atom. The number of carbonyl (C=O) groups is 1. The van der Waals surface area contributed by atoms with Gasteiger partial charge in [-0.25, -0.2) is 0 Å². The van der Waals surface area contributed by atoms with Gasteiger partial charge in [-0.15, -0.1) is 0 Å². The predicted octanol–water partition coefficient (Wildman–Crippen LogP) is 1.62. The Morgan fingerprint density at radius 3 is 2.53 bits per heavy atom. The largest absolute Gasteiger partial charge is 0.466 e. The standard InChI is InChI=1S/C13H22N2O2/c1-9-5-6-11(17-9)7-10(8-14)12(16)15-13(2,3)4/h5-6,10H,7-8,14H2,1-4H3,(H,15,16). The van der Waals surface area contributed by atoms with Gasteiger partial charge in [-0.05, 0) is 39.8 Å². The molecule has 0 aromatic carbocycles. The third kappa shape index (κ3) is 4.61. The number of nitrogens with one attached hydrogen (secondary N) is 1. The Hall–Kier alpha value is -1.29. The Morgan fingerprint density at radius 2 is 2.12 bits per heavy atom. The first kappa shape index (κ1) is 13.8. The third-order valence-corrected chi connectivity index (χ3v) is 2.40. The summed E-state index contributed by atoms with van der Waals surface area (Å²) >= 11 is 0. The molecule has 4 nitrogen and oxygen atoms in total. The Balaban J connectivity index is 2.62. The first-order valence-corrected chi connectivity index (χ1v) is 5.89. The van der Waals surface area contributed by atoms with Gasteiger partial charge in [-0.1, -0.05) is 0 Å². The summed E-state index contributed by atoms with van der Waals surface area (Å²) < 4.78 is 5.46. The van der Waals surface area contributed by atoms with E-state index >= 15 is 0 Å². The van der Waals surface area contributed by atoms with Crippen molar-refractivity contribution in [2.24, 2.45) is 11.7 Å². The van der Waals surface area contributed by atoms with Gasteiger partial charge in [0.2, 0.25) is 5.91 Å². The molecule has 0 radical (unpaired) electrons. The summed E-state index contributed by atoms with van der Waals surface area (Å²) in [5.74, 6) is 1.41. The van der Waals surface area contributed by atoms with Crippen LogP contribution in [0.15, 0.2) is 16.5 Å². The second-order valence-electron chi connectivity index (χ2n) is 5.39. The Bertz CT molecular complexity index is 377. The molecule has 0 bridgehead atoms. The molecule has 1 atom stereocenters. The molecule has 3 N–H and O–H groups in total. The minimum Gasteiger partial charge on any atom is -0.466 e. The van der Waals surface area contributed by atoms with E-state index in [1.165, 1.54) is 0 Å². The molecule has 0 aliphatic rings. The van der Waals surface area contributed by atoms with E-state index in [0.29, 0.717) is 13.0 Å². The summed E-state index contributed by atoms with van der Waals surface area (Å²) in [5, 5.41) is 2.94. The molecule has 0 aliphatic heterocycles. The maximum Gasteiger partial charge on any atom is 0.225 e. The van der Waals surface area contributed by atoms with Gasteiger partial charge in [-0.2, -0.15) is 0 Å². The molecule has 1 amide bonds. The van der Waals surface area contributed by atoms with Gasteiger partial charge >= 0.3 is 0 Å². The van der Waals surface area contributed by atoms with Crippen molar-refractivity contribution in [1.82, 2.24) is 5.32 Å². The van der Waals surface area contributed by atoms with Gasteiger partial charge in [0.05, 0.1) is 5.92 Å². The lowest BCUT2D eigenvalue weighted by Crippen LogP contribution is -2.46. The maximum atomic E-state index is 12.0. The molecule has 1 heterocycles. The van der Waals surface area contributed by atoms with E-state index in [9.17, 15) is 4.79 Å². The number of hydrogen-bond donors (Lipinski definition) is 2. The zero-order valence-corrected chi connectivity index (χ0v) is 11.0. The van der Waals surface area contributed by atoms with E-state index in [-0.39, 0.29) is 17.4 Å². The third-order valence-electron chi connectivity index (χ3n) is 2.40. The molecule has 0 fully saturated rings. The highest BCUT2D eigenvalue weighted by molar-refractivity contribution is 5.79. The summed E-state index contributed by atoms with van der Waals surface area (Å²) in [4.78, 5) is 12.0. The van der Waals surface area contributed by atoms with E-state index < -0.39 is 0 Å². The van der Waals surface area contributed by atoms with Crippen LogP contribution in [0.25, 0.3) is 0 Å². The van der Waals surface area contributed by atoms with Crippen LogP contribution < -0.4 is 11.1 Å². The van der Waals surface area contributed by atoms with E-state index in [0.717, 1.165) is 11.5 Å². The molecule has 1 aromatic heterocycles. The van der Waals surface area contributed by atoms with Crippen molar-refractivity contribution in [2.45, 2.75) is 39.7 Å². The van der Waals surface area contributed by atoms with Gasteiger partial charge in [0.15, 0.2) is 0 Å². The number of furan rings is 1. The average Bonchev–Trinajstić information content (AvgIpc) is 2.57. The number of nitrogens with two attached hydrogens (primary N) is 1. The van der Waals surface area contributed by atoms with Crippen molar-refractivity contribution in [3.63, 3.8) is 0 Å².